The van der Waals surface area contributed by atoms with E-state index >= 15 is 0 Å². The number of nitrogens with two attached hydrogens (primary N) is 1. The minimum absolute atomic E-state index is 0.0988. The SMILES string of the molecule is NC(Cc1cccc(Cl)c1Cl)c1ccc(OC(F)F)cc1. The van der Waals surface area contributed by atoms with E-state index in [0.717, 1.165) is 11.1 Å². The molecule has 0 radical (unpaired) electrons. The van der Waals surface area contributed by atoms with Gasteiger partial charge in [0.1, 0.15) is 5.75 Å². The van der Waals surface area contributed by atoms with Crippen molar-refractivity contribution in [1.82, 2.24) is 0 Å². The van der Waals surface area contributed by atoms with Crippen molar-refractivity contribution in [2.24, 2.45) is 5.73 Å². The standard InChI is InChI=1S/C15H13Cl2F2NO/c16-12-3-1-2-10(14(12)17)8-13(20)9-4-6-11(7-5-9)21-15(18)19/h1-7,13,15H,8,20H2. The van der Waals surface area contributed by atoms with Gasteiger partial charge >= 0.3 is 6.61 Å². The molecule has 0 heterocycles. The lowest BCUT2D eigenvalue weighted by Crippen LogP contribution is -2.13. The predicted octanol–water partition coefficient (Wildman–Crippen LogP) is 4.84. The summed E-state index contributed by atoms with van der Waals surface area (Å²) in [5, 5.41) is 0.953. The van der Waals surface area contributed by atoms with Crippen LogP contribution in [0.1, 0.15) is 17.2 Å². The first-order valence-electron chi connectivity index (χ1n) is 6.20. The maximum absolute atomic E-state index is 12.1. The molecule has 0 bridgehead atoms. The maximum Gasteiger partial charge on any atom is 0.387 e. The van der Waals surface area contributed by atoms with Gasteiger partial charge in [0.05, 0.1) is 10.0 Å². The first-order valence-corrected chi connectivity index (χ1v) is 6.96. The Morgan fingerprint density at radius 1 is 1.05 bits per heavy atom. The van der Waals surface area contributed by atoms with Crippen molar-refractivity contribution >= 4 is 23.2 Å². The minimum atomic E-state index is -2.84. The van der Waals surface area contributed by atoms with Crippen LogP contribution in [-0.4, -0.2) is 6.61 Å². The average Bonchev–Trinajstić information content (AvgIpc) is 2.44. The van der Waals surface area contributed by atoms with Gasteiger partial charge in [0.15, 0.2) is 0 Å². The summed E-state index contributed by atoms with van der Waals surface area (Å²) in [6.45, 7) is -2.84. The molecule has 0 saturated heterocycles. The van der Waals surface area contributed by atoms with Crippen LogP contribution in [0.5, 0.6) is 5.75 Å². The lowest BCUT2D eigenvalue weighted by atomic mass is 9.99. The molecule has 0 aliphatic heterocycles. The number of hydrogen-bond acceptors (Lipinski definition) is 2. The van der Waals surface area contributed by atoms with Crippen LogP contribution in [0.4, 0.5) is 8.78 Å². The van der Waals surface area contributed by atoms with Gasteiger partial charge in [-0.3, -0.25) is 0 Å². The second kappa shape index (κ2) is 7.07. The summed E-state index contributed by atoms with van der Waals surface area (Å²) in [5.74, 6) is 0.0988. The smallest absolute Gasteiger partial charge is 0.387 e. The number of benzene rings is 2. The van der Waals surface area contributed by atoms with Crippen molar-refractivity contribution < 1.29 is 13.5 Å². The molecular weight excluding hydrogens is 319 g/mol. The normalized spacial score (nSPS) is 12.5. The van der Waals surface area contributed by atoms with Gasteiger partial charge in [-0.15, -0.1) is 0 Å². The molecule has 2 aromatic carbocycles. The molecule has 21 heavy (non-hydrogen) atoms. The molecule has 2 rings (SSSR count). The Labute approximate surface area is 131 Å². The third-order valence-electron chi connectivity index (χ3n) is 3.00. The van der Waals surface area contributed by atoms with E-state index in [0.29, 0.717) is 16.5 Å². The summed E-state index contributed by atoms with van der Waals surface area (Å²) in [7, 11) is 0. The number of hydrogen-bond donors (Lipinski definition) is 1. The first kappa shape index (κ1) is 16.0. The molecule has 0 spiro atoms. The molecule has 1 unspecified atom stereocenters. The molecule has 2 aromatic rings. The van der Waals surface area contributed by atoms with Crippen LogP contribution >= 0.6 is 23.2 Å². The number of halogens is 4. The molecule has 0 amide bonds. The Balaban J connectivity index is 2.09. The highest BCUT2D eigenvalue weighted by Gasteiger charge is 2.12. The quantitative estimate of drug-likeness (QED) is 0.850. The van der Waals surface area contributed by atoms with E-state index in [1.54, 1.807) is 24.3 Å². The van der Waals surface area contributed by atoms with Crippen LogP contribution in [0.3, 0.4) is 0 Å². The van der Waals surface area contributed by atoms with E-state index in [9.17, 15) is 8.78 Å². The zero-order valence-corrected chi connectivity index (χ0v) is 12.4. The fourth-order valence-electron chi connectivity index (χ4n) is 1.96. The summed E-state index contributed by atoms with van der Waals surface area (Å²) in [6.07, 6.45) is 0.494. The van der Waals surface area contributed by atoms with E-state index < -0.39 is 6.61 Å². The summed E-state index contributed by atoms with van der Waals surface area (Å²) in [6, 6.07) is 11.3. The Hall–Kier alpha value is -1.36. The van der Waals surface area contributed by atoms with Gasteiger partial charge in [-0.2, -0.15) is 8.78 Å². The monoisotopic (exact) mass is 331 g/mol. The largest absolute Gasteiger partial charge is 0.435 e. The second-order valence-corrected chi connectivity index (χ2v) is 5.26. The van der Waals surface area contributed by atoms with Crippen LogP contribution in [0, 0.1) is 0 Å². The maximum atomic E-state index is 12.1. The van der Waals surface area contributed by atoms with Crippen LogP contribution in [0.25, 0.3) is 0 Å². The molecule has 2 N–H and O–H groups in total. The third kappa shape index (κ3) is 4.30. The lowest BCUT2D eigenvalue weighted by Gasteiger charge is -2.14. The fourth-order valence-corrected chi connectivity index (χ4v) is 2.35. The molecule has 0 saturated carbocycles. The predicted molar refractivity (Wildman–Crippen MR) is 80.2 cm³/mol. The highest BCUT2D eigenvalue weighted by Crippen LogP contribution is 2.29. The minimum Gasteiger partial charge on any atom is -0.435 e. The van der Waals surface area contributed by atoms with Crippen molar-refractivity contribution in [2.45, 2.75) is 19.1 Å². The highest BCUT2D eigenvalue weighted by molar-refractivity contribution is 6.42. The number of rotatable bonds is 5. The topological polar surface area (TPSA) is 35.2 Å². The van der Waals surface area contributed by atoms with Crippen LogP contribution in [-0.2, 0) is 6.42 Å². The van der Waals surface area contributed by atoms with Crippen molar-refractivity contribution in [2.75, 3.05) is 0 Å². The second-order valence-electron chi connectivity index (χ2n) is 4.47. The average molecular weight is 332 g/mol. The van der Waals surface area contributed by atoms with Crippen molar-refractivity contribution in [3.63, 3.8) is 0 Å². The highest BCUT2D eigenvalue weighted by atomic mass is 35.5. The van der Waals surface area contributed by atoms with Gasteiger partial charge in [0, 0.05) is 6.04 Å². The Morgan fingerprint density at radius 3 is 2.33 bits per heavy atom. The molecule has 0 aliphatic rings. The fraction of sp³-hybridized carbons (Fsp3) is 0.200. The van der Waals surface area contributed by atoms with Crippen molar-refractivity contribution in [3.05, 3.63) is 63.6 Å². The summed E-state index contributed by atoms with van der Waals surface area (Å²) >= 11 is 12.1. The van der Waals surface area contributed by atoms with E-state index in [4.69, 9.17) is 28.9 Å². The van der Waals surface area contributed by atoms with Gasteiger partial charge < -0.3 is 10.5 Å². The van der Waals surface area contributed by atoms with E-state index in [1.807, 2.05) is 6.07 Å². The molecule has 0 aliphatic carbocycles. The molecule has 0 aromatic heterocycles. The van der Waals surface area contributed by atoms with Crippen LogP contribution in [0.2, 0.25) is 10.0 Å². The van der Waals surface area contributed by atoms with Gasteiger partial charge in [0.2, 0.25) is 0 Å². The molecule has 1 atom stereocenters. The van der Waals surface area contributed by atoms with Crippen molar-refractivity contribution in [1.29, 1.82) is 0 Å². The number of ether oxygens (including phenoxy) is 1. The van der Waals surface area contributed by atoms with Gasteiger partial charge in [-0.25, -0.2) is 0 Å². The summed E-state index contributed by atoms with van der Waals surface area (Å²) in [5.41, 5.74) is 7.74. The van der Waals surface area contributed by atoms with Crippen LogP contribution in [0.15, 0.2) is 42.5 Å². The Kier molecular flexibility index (Phi) is 5.39. The lowest BCUT2D eigenvalue weighted by molar-refractivity contribution is -0.0498. The Morgan fingerprint density at radius 2 is 1.71 bits per heavy atom. The van der Waals surface area contributed by atoms with E-state index in [1.165, 1.54) is 12.1 Å². The molecular formula is C15H13Cl2F2NO. The third-order valence-corrected chi connectivity index (χ3v) is 3.86. The van der Waals surface area contributed by atoms with Gasteiger partial charge in [0.25, 0.3) is 0 Å². The van der Waals surface area contributed by atoms with E-state index in [2.05, 4.69) is 4.74 Å². The number of alkyl halides is 2. The van der Waals surface area contributed by atoms with Gasteiger partial charge in [-0.05, 0) is 35.7 Å². The molecule has 6 heteroatoms. The molecule has 0 fully saturated rings. The molecule has 112 valence electrons. The zero-order valence-electron chi connectivity index (χ0n) is 10.9. The first-order chi connectivity index (χ1) is 9.97. The van der Waals surface area contributed by atoms with Crippen molar-refractivity contribution in [3.8, 4) is 5.75 Å². The van der Waals surface area contributed by atoms with E-state index in [-0.39, 0.29) is 11.8 Å². The van der Waals surface area contributed by atoms with Crippen LogP contribution < -0.4 is 10.5 Å². The van der Waals surface area contributed by atoms with Gasteiger partial charge in [-0.1, -0.05) is 47.5 Å². The Bertz CT molecular complexity index is 605. The summed E-state index contributed by atoms with van der Waals surface area (Å²) in [4.78, 5) is 0. The summed E-state index contributed by atoms with van der Waals surface area (Å²) < 4.78 is 28.4. The zero-order chi connectivity index (χ0) is 15.4. The molecule has 2 nitrogen and oxygen atoms in total.